The Morgan fingerprint density at radius 3 is 2.92 bits per heavy atom. The smallest absolute Gasteiger partial charge is 0.0393 e. The molecule has 0 bridgehead atoms. The van der Waals surface area contributed by atoms with Crippen LogP contribution in [0.2, 0.25) is 0 Å². The third kappa shape index (κ3) is 1.48. The van der Waals surface area contributed by atoms with Crippen LogP contribution >= 0.6 is 0 Å². The Kier molecular flexibility index (Phi) is 1.72. The lowest BCUT2D eigenvalue weighted by Crippen LogP contribution is -2.31. The molecule has 0 aliphatic carbocycles. The van der Waals surface area contributed by atoms with Crippen molar-refractivity contribution in [2.75, 3.05) is 17.6 Å². The standard InChI is InChI=1S/C11H16N2/c1-11(2)6-8-9(12)4-3-5-10(8)13-7-11/h3-5,13H,6-7,12H2,1-2H3. The molecule has 1 heterocycles. The van der Waals surface area contributed by atoms with Crippen molar-refractivity contribution in [3.05, 3.63) is 23.8 Å². The van der Waals surface area contributed by atoms with Gasteiger partial charge >= 0.3 is 0 Å². The molecule has 0 amide bonds. The highest BCUT2D eigenvalue weighted by molar-refractivity contribution is 5.65. The quantitative estimate of drug-likeness (QED) is 0.595. The number of anilines is 2. The number of hydrogen-bond donors (Lipinski definition) is 2. The van der Waals surface area contributed by atoms with E-state index < -0.39 is 0 Å². The highest BCUT2D eigenvalue weighted by Gasteiger charge is 2.25. The van der Waals surface area contributed by atoms with Crippen molar-refractivity contribution < 1.29 is 0 Å². The topological polar surface area (TPSA) is 38.0 Å². The molecule has 0 saturated heterocycles. The van der Waals surface area contributed by atoms with Crippen molar-refractivity contribution in [1.29, 1.82) is 0 Å². The summed E-state index contributed by atoms with van der Waals surface area (Å²) in [5, 5.41) is 3.41. The van der Waals surface area contributed by atoms with Crippen LogP contribution in [0.4, 0.5) is 11.4 Å². The molecule has 13 heavy (non-hydrogen) atoms. The van der Waals surface area contributed by atoms with Gasteiger partial charge in [0.1, 0.15) is 0 Å². The first-order valence-electron chi connectivity index (χ1n) is 4.70. The molecule has 1 aromatic carbocycles. The van der Waals surface area contributed by atoms with Crippen molar-refractivity contribution in [2.24, 2.45) is 5.41 Å². The second kappa shape index (κ2) is 2.66. The predicted molar refractivity (Wildman–Crippen MR) is 56.8 cm³/mol. The number of fused-ring (bicyclic) bond motifs is 1. The fourth-order valence-electron chi connectivity index (χ4n) is 1.84. The molecule has 0 atom stereocenters. The highest BCUT2D eigenvalue weighted by Crippen LogP contribution is 2.34. The summed E-state index contributed by atoms with van der Waals surface area (Å²) < 4.78 is 0. The molecule has 1 aromatic rings. The molecule has 0 spiro atoms. The molecular weight excluding hydrogens is 160 g/mol. The van der Waals surface area contributed by atoms with Crippen molar-refractivity contribution in [3.8, 4) is 0 Å². The molecule has 2 nitrogen and oxygen atoms in total. The van der Waals surface area contributed by atoms with E-state index in [9.17, 15) is 0 Å². The maximum Gasteiger partial charge on any atom is 0.0393 e. The van der Waals surface area contributed by atoms with Crippen LogP contribution in [0.5, 0.6) is 0 Å². The Labute approximate surface area is 79.1 Å². The van der Waals surface area contributed by atoms with Gasteiger partial charge in [-0.2, -0.15) is 0 Å². The average Bonchev–Trinajstić information content (AvgIpc) is 2.06. The number of nitrogens with two attached hydrogens (primary N) is 1. The van der Waals surface area contributed by atoms with E-state index in [2.05, 4.69) is 25.2 Å². The molecule has 0 radical (unpaired) electrons. The van der Waals surface area contributed by atoms with E-state index in [1.54, 1.807) is 0 Å². The Morgan fingerprint density at radius 2 is 2.15 bits per heavy atom. The predicted octanol–water partition coefficient (Wildman–Crippen LogP) is 2.26. The summed E-state index contributed by atoms with van der Waals surface area (Å²) in [5.41, 5.74) is 9.64. The fraction of sp³-hybridized carbons (Fsp3) is 0.455. The maximum atomic E-state index is 5.92. The zero-order valence-electron chi connectivity index (χ0n) is 8.22. The van der Waals surface area contributed by atoms with Crippen LogP contribution < -0.4 is 11.1 Å². The molecule has 0 fully saturated rings. The van der Waals surface area contributed by atoms with Crippen LogP contribution in [0.1, 0.15) is 19.4 Å². The molecule has 0 aromatic heterocycles. The van der Waals surface area contributed by atoms with Gasteiger partial charge in [-0.15, -0.1) is 0 Å². The minimum Gasteiger partial charge on any atom is -0.398 e. The van der Waals surface area contributed by atoms with E-state index in [0.717, 1.165) is 18.7 Å². The van der Waals surface area contributed by atoms with Crippen LogP contribution in [0.3, 0.4) is 0 Å². The lowest BCUT2D eigenvalue weighted by molar-refractivity contribution is 0.380. The summed E-state index contributed by atoms with van der Waals surface area (Å²) in [5.74, 6) is 0. The molecule has 2 rings (SSSR count). The number of hydrogen-bond acceptors (Lipinski definition) is 2. The van der Waals surface area contributed by atoms with Gasteiger partial charge in [0.05, 0.1) is 0 Å². The molecule has 0 saturated carbocycles. The second-order valence-electron chi connectivity index (χ2n) is 4.57. The van der Waals surface area contributed by atoms with E-state index in [1.807, 2.05) is 12.1 Å². The van der Waals surface area contributed by atoms with Gasteiger partial charge in [0.15, 0.2) is 0 Å². The zero-order chi connectivity index (χ0) is 9.47. The number of rotatable bonds is 0. The van der Waals surface area contributed by atoms with Gasteiger partial charge in [0, 0.05) is 17.9 Å². The number of nitrogen functional groups attached to an aromatic ring is 1. The SMILES string of the molecule is CC1(C)CNc2cccc(N)c2C1. The molecule has 1 aliphatic rings. The second-order valence-corrected chi connectivity index (χ2v) is 4.57. The molecule has 70 valence electrons. The first kappa shape index (κ1) is 8.42. The third-order valence-corrected chi connectivity index (χ3v) is 2.62. The lowest BCUT2D eigenvalue weighted by Gasteiger charge is -2.33. The summed E-state index contributed by atoms with van der Waals surface area (Å²) in [4.78, 5) is 0. The largest absolute Gasteiger partial charge is 0.398 e. The Hall–Kier alpha value is -1.18. The summed E-state index contributed by atoms with van der Waals surface area (Å²) >= 11 is 0. The maximum absolute atomic E-state index is 5.92. The normalized spacial score (nSPS) is 18.9. The van der Waals surface area contributed by atoms with E-state index >= 15 is 0 Å². The molecule has 0 unspecified atom stereocenters. The Bertz CT molecular complexity index is 329. The van der Waals surface area contributed by atoms with Gasteiger partial charge in [-0.25, -0.2) is 0 Å². The van der Waals surface area contributed by atoms with Crippen molar-refractivity contribution in [2.45, 2.75) is 20.3 Å². The summed E-state index contributed by atoms with van der Waals surface area (Å²) in [6.07, 6.45) is 1.07. The Balaban J connectivity index is 2.44. The van der Waals surface area contributed by atoms with Gasteiger partial charge in [0.25, 0.3) is 0 Å². The number of nitrogens with one attached hydrogen (secondary N) is 1. The van der Waals surface area contributed by atoms with Crippen LogP contribution in [-0.4, -0.2) is 6.54 Å². The van der Waals surface area contributed by atoms with Gasteiger partial charge in [-0.3, -0.25) is 0 Å². The molecule has 1 aliphatic heterocycles. The van der Waals surface area contributed by atoms with Crippen LogP contribution in [-0.2, 0) is 6.42 Å². The van der Waals surface area contributed by atoms with Crippen molar-refractivity contribution >= 4 is 11.4 Å². The highest BCUT2D eigenvalue weighted by atomic mass is 14.9. The minimum atomic E-state index is 0.322. The molecule has 2 heteroatoms. The molecule has 3 N–H and O–H groups in total. The van der Waals surface area contributed by atoms with E-state index in [0.29, 0.717) is 5.41 Å². The lowest BCUT2D eigenvalue weighted by atomic mass is 9.82. The molecular formula is C11H16N2. The first-order chi connectivity index (χ1) is 6.08. The summed E-state index contributed by atoms with van der Waals surface area (Å²) in [7, 11) is 0. The van der Waals surface area contributed by atoms with Crippen molar-refractivity contribution in [1.82, 2.24) is 0 Å². The van der Waals surface area contributed by atoms with Crippen LogP contribution in [0.25, 0.3) is 0 Å². The van der Waals surface area contributed by atoms with E-state index in [4.69, 9.17) is 5.73 Å². The minimum absolute atomic E-state index is 0.322. The van der Waals surface area contributed by atoms with Gasteiger partial charge < -0.3 is 11.1 Å². The first-order valence-corrected chi connectivity index (χ1v) is 4.70. The Morgan fingerprint density at radius 1 is 1.38 bits per heavy atom. The van der Waals surface area contributed by atoms with Crippen molar-refractivity contribution in [3.63, 3.8) is 0 Å². The fourth-order valence-corrected chi connectivity index (χ4v) is 1.84. The number of benzene rings is 1. The van der Waals surface area contributed by atoms with Gasteiger partial charge in [-0.05, 0) is 29.5 Å². The van der Waals surface area contributed by atoms with E-state index in [1.165, 1.54) is 11.3 Å². The van der Waals surface area contributed by atoms with E-state index in [-0.39, 0.29) is 0 Å². The monoisotopic (exact) mass is 176 g/mol. The summed E-state index contributed by atoms with van der Waals surface area (Å²) in [6.45, 7) is 5.55. The third-order valence-electron chi connectivity index (χ3n) is 2.62. The van der Waals surface area contributed by atoms with Crippen LogP contribution in [0, 0.1) is 5.41 Å². The van der Waals surface area contributed by atoms with Gasteiger partial charge in [0.2, 0.25) is 0 Å². The average molecular weight is 176 g/mol. The van der Waals surface area contributed by atoms with Crippen LogP contribution in [0.15, 0.2) is 18.2 Å². The zero-order valence-corrected chi connectivity index (χ0v) is 8.22. The summed E-state index contributed by atoms with van der Waals surface area (Å²) in [6, 6.07) is 6.07. The van der Waals surface area contributed by atoms with Gasteiger partial charge in [-0.1, -0.05) is 19.9 Å².